The summed E-state index contributed by atoms with van der Waals surface area (Å²) in [5, 5.41) is 14.1. The van der Waals surface area contributed by atoms with Crippen LogP contribution in [-0.2, 0) is 19.4 Å². The van der Waals surface area contributed by atoms with Gasteiger partial charge in [-0.1, -0.05) is 16.3 Å². The predicted octanol–water partition coefficient (Wildman–Crippen LogP) is 1.64. The lowest BCUT2D eigenvalue weighted by molar-refractivity contribution is -0.142. The summed E-state index contributed by atoms with van der Waals surface area (Å²) in [4.78, 5) is 37.2. The fraction of sp³-hybridized carbons (Fsp3) is 0.200. The third-order valence-electron chi connectivity index (χ3n) is 5.45. The first-order valence-electron chi connectivity index (χ1n) is 9.66. The van der Waals surface area contributed by atoms with Crippen LogP contribution in [0, 0.1) is 0 Å². The van der Waals surface area contributed by atoms with Crippen molar-refractivity contribution >= 4 is 49.2 Å². The number of nitrogens with zero attached hydrogens (tertiary/aromatic N) is 3. The zero-order valence-electron chi connectivity index (χ0n) is 16.9. The van der Waals surface area contributed by atoms with Crippen LogP contribution in [0.5, 0.6) is 0 Å². The zero-order valence-corrected chi connectivity index (χ0v) is 18.4. The van der Waals surface area contributed by atoms with E-state index in [4.69, 9.17) is 16.3 Å². The Balaban J connectivity index is 1.67. The maximum atomic E-state index is 13.5. The van der Waals surface area contributed by atoms with E-state index in [1.165, 1.54) is 31.2 Å². The SMILES string of the molecule is CC(=O)OC1CC1n1ncc2ccc(S(=O)(=O)c3ccc(Cl)c4c(=O)n(O)c(=O)[nH]c34)cc21. The number of carbonyl (C=O) groups is 1. The highest BCUT2D eigenvalue weighted by Crippen LogP contribution is 2.41. The molecule has 1 saturated carbocycles. The molecule has 0 radical (unpaired) electrons. The number of esters is 1. The first-order chi connectivity index (χ1) is 15.6. The molecular weight excluding hydrogens is 476 g/mol. The Bertz CT molecular complexity index is 1700. The summed E-state index contributed by atoms with van der Waals surface area (Å²) in [6.45, 7) is 1.31. The Hall–Kier alpha value is -3.64. The van der Waals surface area contributed by atoms with Crippen molar-refractivity contribution in [1.29, 1.82) is 0 Å². The van der Waals surface area contributed by atoms with Gasteiger partial charge in [-0.05, 0) is 30.3 Å². The van der Waals surface area contributed by atoms with Crippen LogP contribution >= 0.6 is 11.6 Å². The van der Waals surface area contributed by atoms with Crippen LogP contribution in [0.4, 0.5) is 0 Å². The number of sulfone groups is 1. The van der Waals surface area contributed by atoms with E-state index in [-0.39, 0.29) is 42.6 Å². The largest absolute Gasteiger partial charge is 0.460 e. The van der Waals surface area contributed by atoms with Crippen molar-refractivity contribution in [2.45, 2.75) is 35.3 Å². The molecule has 2 N–H and O–H groups in total. The van der Waals surface area contributed by atoms with Crippen LogP contribution in [-0.4, -0.2) is 45.2 Å². The van der Waals surface area contributed by atoms with E-state index >= 15 is 0 Å². The minimum atomic E-state index is -4.24. The Morgan fingerprint density at radius 2 is 2.03 bits per heavy atom. The smallest absolute Gasteiger partial charge is 0.362 e. The first kappa shape index (κ1) is 21.2. The fourth-order valence-corrected chi connectivity index (χ4v) is 5.48. The topological polar surface area (TPSA) is 153 Å². The van der Waals surface area contributed by atoms with E-state index in [0.29, 0.717) is 17.3 Å². The third kappa shape index (κ3) is 3.29. The number of aromatic nitrogens is 4. The van der Waals surface area contributed by atoms with Crippen molar-refractivity contribution in [3.05, 3.63) is 62.4 Å². The van der Waals surface area contributed by atoms with Crippen LogP contribution in [0.15, 0.2) is 55.9 Å². The molecule has 4 aromatic rings. The molecule has 0 spiro atoms. The average Bonchev–Trinajstić information content (AvgIpc) is 3.36. The maximum absolute atomic E-state index is 13.5. The fourth-order valence-electron chi connectivity index (χ4n) is 3.81. The predicted molar refractivity (Wildman–Crippen MR) is 115 cm³/mol. The molecule has 1 fully saturated rings. The summed E-state index contributed by atoms with van der Waals surface area (Å²) in [5.74, 6) is -0.409. The van der Waals surface area contributed by atoms with Crippen LogP contribution < -0.4 is 11.2 Å². The highest BCUT2D eigenvalue weighted by Gasteiger charge is 2.43. The Morgan fingerprint density at radius 1 is 1.27 bits per heavy atom. The van der Waals surface area contributed by atoms with Gasteiger partial charge in [0.1, 0.15) is 6.10 Å². The number of benzene rings is 2. The number of halogens is 1. The minimum absolute atomic E-state index is 0.112. The normalized spacial score (nSPS) is 18.0. The summed E-state index contributed by atoms with van der Waals surface area (Å²) in [5.41, 5.74) is -2.15. The zero-order chi connectivity index (χ0) is 23.7. The summed E-state index contributed by atoms with van der Waals surface area (Å²) in [6, 6.07) is 6.55. The summed E-state index contributed by atoms with van der Waals surface area (Å²) < 4.78 is 33.6. The Labute approximate surface area is 189 Å². The highest BCUT2D eigenvalue weighted by atomic mass is 35.5. The lowest BCUT2D eigenvalue weighted by atomic mass is 10.2. The van der Waals surface area contributed by atoms with Crippen molar-refractivity contribution in [3.8, 4) is 0 Å². The molecule has 0 saturated heterocycles. The number of fused-ring (bicyclic) bond motifs is 2. The van der Waals surface area contributed by atoms with Gasteiger partial charge in [0, 0.05) is 18.7 Å². The van der Waals surface area contributed by atoms with Crippen LogP contribution in [0.25, 0.3) is 21.8 Å². The van der Waals surface area contributed by atoms with Gasteiger partial charge < -0.3 is 14.9 Å². The maximum Gasteiger partial charge on any atom is 0.362 e. The summed E-state index contributed by atoms with van der Waals surface area (Å²) >= 11 is 6.04. The molecular formula is C20H15ClN4O7S. The van der Waals surface area contributed by atoms with Gasteiger partial charge in [-0.15, -0.1) is 0 Å². The molecule has 2 unspecified atom stereocenters. The van der Waals surface area contributed by atoms with Gasteiger partial charge in [0.15, 0.2) is 0 Å². The Kier molecular flexibility index (Phi) is 4.62. The number of ether oxygens (including phenoxy) is 1. The van der Waals surface area contributed by atoms with Gasteiger partial charge >= 0.3 is 11.7 Å². The first-order valence-corrected chi connectivity index (χ1v) is 11.5. The second kappa shape index (κ2) is 7.18. The van der Waals surface area contributed by atoms with E-state index in [0.717, 1.165) is 0 Å². The lowest BCUT2D eigenvalue weighted by Crippen LogP contribution is -2.33. The molecule has 1 aliphatic rings. The van der Waals surface area contributed by atoms with Gasteiger partial charge in [-0.3, -0.25) is 14.3 Å². The number of nitrogens with one attached hydrogen (secondary N) is 1. The molecule has 2 aromatic heterocycles. The van der Waals surface area contributed by atoms with E-state index in [2.05, 4.69) is 10.1 Å². The minimum Gasteiger partial charge on any atom is -0.460 e. The number of aromatic amines is 1. The summed E-state index contributed by atoms with van der Waals surface area (Å²) in [7, 11) is -4.24. The molecule has 2 atom stereocenters. The molecule has 1 aliphatic carbocycles. The monoisotopic (exact) mass is 490 g/mol. The molecule has 2 aromatic carbocycles. The number of hydrogen-bond acceptors (Lipinski definition) is 8. The van der Waals surface area contributed by atoms with Gasteiger partial charge in [0.05, 0.1) is 43.5 Å². The van der Waals surface area contributed by atoms with Crippen LogP contribution in [0.2, 0.25) is 5.02 Å². The van der Waals surface area contributed by atoms with Crippen LogP contribution in [0.1, 0.15) is 19.4 Å². The van der Waals surface area contributed by atoms with Crippen molar-refractivity contribution in [1.82, 2.24) is 19.5 Å². The second-order valence-electron chi connectivity index (χ2n) is 7.61. The van der Waals surface area contributed by atoms with Crippen molar-refractivity contribution in [2.75, 3.05) is 0 Å². The molecule has 0 aliphatic heterocycles. The molecule has 13 heteroatoms. The van der Waals surface area contributed by atoms with E-state index in [9.17, 15) is 28.0 Å². The standard InChI is InChI=1S/C20H15ClN4O7S/c1-9(26)32-15-7-14(15)24-13-6-11(3-2-10(13)8-22-24)33(30,31)16-5-4-12(21)17-18(16)23-20(28)25(29)19(17)27/h2-6,8,14-15,29H,7H2,1H3,(H,23,28). The van der Waals surface area contributed by atoms with Gasteiger partial charge in [0.2, 0.25) is 9.84 Å². The van der Waals surface area contributed by atoms with Gasteiger partial charge in [0.25, 0.3) is 5.56 Å². The van der Waals surface area contributed by atoms with E-state index in [1.54, 1.807) is 16.9 Å². The molecule has 5 rings (SSSR count). The summed E-state index contributed by atoms with van der Waals surface area (Å²) in [6.07, 6.45) is 1.80. The molecule has 2 heterocycles. The van der Waals surface area contributed by atoms with Gasteiger partial charge in [-0.25, -0.2) is 13.2 Å². The van der Waals surface area contributed by atoms with E-state index in [1.807, 2.05) is 0 Å². The van der Waals surface area contributed by atoms with E-state index < -0.39 is 27.1 Å². The van der Waals surface area contributed by atoms with Crippen molar-refractivity contribution in [3.63, 3.8) is 0 Å². The number of H-pyrrole nitrogens is 1. The molecule has 170 valence electrons. The molecule has 0 bridgehead atoms. The molecule has 0 amide bonds. The third-order valence-corrected chi connectivity index (χ3v) is 7.56. The average molecular weight is 491 g/mol. The van der Waals surface area contributed by atoms with Gasteiger partial charge in [-0.2, -0.15) is 5.10 Å². The lowest BCUT2D eigenvalue weighted by Gasteiger charge is -2.10. The second-order valence-corrected chi connectivity index (χ2v) is 9.93. The quantitative estimate of drug-likeness (QED) is 0.323. The highest BCUT2D eigenvalue weighted by molar-refractivity contribution is 7.91. The number of carbonyl (C=O) groups excluding carboxylic acids is 1. The molecule has 33 heavy (non-hydrogen) atoms. The van der Waals surface area contributed by atoms with Crippen molar-refractivity contribution < 1.29 is 23.2 Å². The number of hydrogen-bond donors (Lipinski definition) is 2. The van der Waals surface area contributed by atoms with Crippen LogP contribution in [0.3, 0.4) is 0 Å². The molecule has 11 nitrogen and oxygen atoms in total. The number of rotatable bonds is 4. The Morgan fingerprint density at radius 3 is 2.76 bits per heavy atom. The van der Waals surface area contributed by atoms with Crippen molar-refractivity contribution in [2.24, 2.45) is 0 Å².